The molecule has 0 aliphatic rings. The highest BCUT2D eigenvalue weighted by atomic mass is 19.1. The Morgan fingerprint density at radius 3 is 2.86 bits per heavy atom. The van der Waals surface area contributed by atoms with Crippen LogP contribution in [0.15, 0.2) is 41.6 Å². The van der Waals surface area contributed by atoms with Crippen molar-refractivity contribution in [1.82, 2.24) is 19.3 Å². The summed E-state index contributed by atoms with van der Waals surface area (Å²) in [4.78, 5) is 16.8. The second kappa shape index (κ2) is 5.69. The van der Waals surface area contributed by atoms with Gasteiger partial charge in [0, 0.05) is 20.4 Å². The molecule has 0 aliphatic heterocycles. The van der Waals surface area contributed by atoms with E-state index in [4.69, 9.17) is 4.74 Å². The SMILES string of the molecule is COC[C@@H](c1ccnn1C)n1cnc2c(F)cccc2c1=O. The zero-order valence-electron chi connectivity index (χ0n) is 12.2. The van der Waals surface area contributed by atoms with Gasteiger partial charge in [-0.15, -0.1) is 0 Å². The topological polar surface area (TPSA) is 61.9 Å². The van der Waals surface area contributed by atoms with Gasteiger partial charge >= 0.3 is 0 Å². The van der Waals surface area contributed by atoms with Gasteiger partial charge in [-0.2, -0.15) is 5.10 Å². The minimum absolute atomic E-state index is 0.0740. The summed E-state index contributed by atoms with van der Waals surface area (Å²) in [7, 11) is 3.35. The lowest BCUT2D eigenvalue weighted by atomic mass is 10.2. The lowest BCUT2D eigenvalue weighted by Gasteiger charge is -2.19. The molecule has 1 aromatic carbocycles. The van der Waals surface area contributed by atoms with Crippen LogP contribution in [0.25, 0.3) is 10.9 Å². The van der Waals surface area contributed by atoms with Crippen molar-refractivity contribution in [2.75, 3.05) is 13.7 Å². The molecule has 22 heavy (non-hydrogen) atoms. The Hall–Kier alpha value is -2.54. The number of benzene rings is 1. The number of rotatable bonds is 4. The highest BCUT2D eigenvalue weighted by Gasteiger charge is 2.20. The molecule has 0 amide bonds. The van der Waals surface area contributed by atoms with Crippen molar-refractivity contribution >= 4 is 10.9 Å². The Bertz CT molecular complexity index is 871. The first kappa shape index (κ1) is 14.4. The van der Waals surface area contributed by atoms with E-state index in [0.717, 1.165) is 5.69 Å². The van der Waals surface area contributed by atoms with Crippen LogP contribution in [0.2, 0.25) is 0 Å². The van der Waals surface area contributed by atoms with Crippen LogP contribution in [-0.2, 0) is 11.8 Å². The Balaban J connectivity index is 2.21. The molecule has 7 heteroatoms. The fraction of sp³-hybridized carbons (Fsp3) is 0.267. The van der Waals surface area contributed by atoms with E-state index in [-0.39, 0.29) is 29.1 Å². The average Bonchev–Trinajstić information content (AvgIpc) is 2.93. The fourth-order valence-electron chi connectivity index (χ4n) is 2.53. The molecule has 0 spiro atoms. The number of hydrogen-bond acceptors (Lipinski definition) is 4. The molecule has 0 saturated heterocycles. The van der Waals surface area contributed by atoms with Crippen LogP contribution in [0.3, 0.4) is 0 Å². The quantitative estimate of drug-likeness (QED) is 0.733. The van der Waals surface area contributed by atoms with Crippen LogP contribution >= 0.6 is 0 Å². The second-order valence-electron chi connectivity index (χ2n) is 4.94. The Labute approximate surface area is 125 Å². The molecule has 0 saturated carbocycles. The zero-order chi connectivity index (χ0) is 15.7. The summed E-state index contributed by atoms with van der Waals surface area (Å²) in [5, 5.41) is 4.36. The van der Waals surface area contributed by atoms with Crippen LogP contribution in [0, 0.1) is 5.82 Å². The first-order valence-electron chi connectivity index (χ1n) is 6.75. The smallest absolute Gasteiger partial charge is 0.261 e. The fourth-order valence-corrected chi connectivity index (χ4v) is 2.53. The normalized spacial score (nSPS) is 12.7. The molecule has 0 fully saturated rings. The van der Waals surface area contributed by atoms with Crippen molar-refractivity contribution in [3.63, 3.8) is 0 Å². The lowest BCUT2D eigenvalue weighted by Crippen LogP contribution is -2.30. The molecular formula is C15H15FN4O2. The summed E-state index contributed by atoms with van der Waals surface area (Å²) in [5.74, 6) is -0.509. The highest BCUT2D eigenvalue weighted by Crippen LogP contribution is 2.18. The van der Waals surface area contributed by atoms with Gasteiger partial charge in [0.05, 0.1) is 24.0 Å². The van der Waals surface area contributed by atoms with Crippen LogP contribution in [0.1, 0.15) is 11.7 Å². The van der Waals surface area contributed by atoms with E-state index in [9.17, 15) is 9.18 Å². The predicted molar refractivity (Wildman–Crippen MR) is 79.2 cm³/mol. The van der Waals surface area contributed by atoms with Gasteiger partial charge < -0.3 is 4.74 Å². The second-order valence-corrected chi connectivity index (χ2v) is 4.94. The maximum absolute atomic E-state index is 13.7. The Kier molecular flexibility index (Phi) is 3.72. The largest absolute Gasteiger partial charge is 0.382 e. The molecule has 3 rings (SSSR count). The number of hydrogen-bond donors (Lipinski definition) is 0. The van der Waals surface area contributed by atoms with Gasteiger partial charge in [-0.05, 0) is 18.2 Å². The molecule has 0 unspecified atom stereocenters. The maximum atomic E-state index is 13.7. The summed E-state index contributed by atoms with van der Waals surface area (Å²) in [6.07, 6.45) is 3.00. The van der Waals surface area contributed by atoms with E-state index in [1.54, 1.807) is 31.1 Å². The van der Waals surface area contributed by atoms with Crippen molar-refractivity contribution in [3.05, 3.63) is 58.7 Å². The third-order valence-electron chi connectivity index (χ3n) is 3.62. The van der Waals surface area contributed by atoms with Gasteiger partial charge in [0.1, 0.15) is 17.4 Å². The average molecular weight is 302 g/mol. The van der Waals surface area contributed by atoms with E-state index in [1.165, 1.54) is 23.0 Å². The van der Waals surface area contributed by atoms with Crippen LogP contribution in [-0.4, -0.2) is 33.0 Å². The molecule has 2 heterocycles. The molecule has 3 aromatic rings. The molecule has 0 aliphatic carbocycles. The summed E-state index contributed by atoms with van der Waals surface area (Å²) >= 11 is 0. The van der Waals surface area contributed by atoms with Crippen LogP contribution < -0.4 is 5.56 Å². The van der Waals surface area contributed by atoms with E-state index < -0.39 is 5.82 Å². The summed E-state index contributed by atoms with van der Waals surface area (Å²) in [5.41, 5.74) is 0.569. The van der Waals surface area contributed by atoms with Gasteiger partial charge in [0.15, 0.2) is 0 Å². The summed E-state index contributed by atoms with van der Waals surface area (Å²) < 4.78 is 22.1. The van der Waals surface area contributed by atoms with Crippen LogP contribution in [0.5, 0.6) is 0 Å². The third-order valence-corrected chi connectivity index (χ3v) is 3.62. The zero-order valence-corrected chi connectivity index (χ0v) is 12.2. The number of aryl methyl sites for hydroxylation is 1. The molecule has 2 aromatic heterocycles. The molecule has 0 radical (unpaired) electrons. The molecular weight excluding hydrogens is 287 g/mol. The summed E-state index contributed by atoms with van der Waals surface area (Å²) in [6.45, 7) is 0.280. The first-order valence-corrected chi connectivity index (χ1v) is 6.75. The first-order chi connectivity index (χ1) is 10.6. The molecule has 114 valence electrons. The van der Waals surface area contributed by atoms with Crippen molar-refractivity contribution in [2.24, 2.45) is 7.05 Å². The van der Waals surface area contributed by atoms with Crippen molar-refractivity contribution in [2.45, 2.75) is 6.04 Å². The van der Waals surface area contributed by atoms with Gasteiger partial charge in [0.25, 0.3) is 5.56 Å². The third kappa shape index (κ3) is 2.29. The number of fused-ring (bicyclic) bond motifs is 1. The predicted octanol–water partition coefficient (Wildman–Crippen LogP) is 1.50. The van der Waals surface area contributed by atoms with Gasteiger partial charge in [0.2, 0.25) is 0 Å². The standard InChI is InChI=1S/C15H15FN4O2/c1-19-12(6-7-18-19)13(8-22-2)20-9-17-14-10(15(20)21)4-3-5-11(14)16/h3-7,9,13H,8H2,1-2H3/t13-/m0/s1. The molecule has 0 N–H and O–H groups in total. The van der Waals surface area contributed by atoms with Gasteiger partial charge in [-0.25, -0.2) is 9.37 Å². The number of halogens is 1. The van der Waals surface area contributed by atoms with Crippen molar-refractivity contribution < 1.29 is 9.13 Å². The minimum Gasteiger partial charge on any atom is -0.382 e. The monoisotopic (exact) mass is 302 g/mol. The number of ether oxygens (including phenoxy) is 1. The summed E-state index contributed by atoms with van der Waals surface area (Å²) in [6, 6.07) is 5.78. The van der Waals surface area contributed by atoms with E-state index in [2.05, 4.69) is 10.1 Å². The maximum Gasteiger partial charge on any atom is 0.261 e. The van der Waals surface area contributed by atoms with E-state index in [0.29, 0.717) is 0 Å². The molecule has 0 bridgehead atoms. The van der Waals surface area contributed by atoms with E-state index in [1.807, 2.05) is 6.07 Å². The number of aromatic nitrogens is 4. The number of methoxy groups -OCH3 is 1. The highest BCUT2D eigenvalue weighted by molar-refractivity contribution is 5.77. The molecule has 1 atom stereocenters. The van der Waals surface area contributed by atoms with Crippen molar-refractivity contribution in [1.29, 1.82) is 0 Å². The van der Waals surface area contributed by atoms with Crippen molar-refractivity contribution in [3.8, 4) is 0 Å². The number of para-hydroxylation sites is 1. The van der Waals surface area contributed by atoms with Crippen LogP contribution in [0.4, 0.5) is 4.39 Å². The Morgan fingerprint density at radius 1 is 1.36 bits per heavy atom. The Morgan fingerprint density at radius 2 is 2.18 bits per heavy atom. The van der Waals surface area contributed by atoms with Gasteiger partial charge in [-0.1, -0.05) is 6.07 Å². The minimum atomic E-state index is -0.509. The molecule has 6 nitrogen and oxygen atoms in total. The number of nitrogens with zero attached hydrogens (tertiary/aromatic N) is 4. The van der Waals surface area contributed by atoms with E-state index >= 15 is 0 Å². The lowest BCUT2D eigenvalue weighted by molar-refractivity contribution is 0.164. The van der Waals surface area contributed by atoms with Gasteiger partial charge in [-0.3, -0.25) is 14.0 Å².